The molecule has 7 heteroatoms. The molecule has 0 fully saturated rings. The molecule has 0 saturated heterocycles. The minimum Gasteiger partial charge on any atom is -0.496 e. The van der Waals surface area contributed by atoms with Crippen molar-refractivity contribution in [1.29, 1.82) is 0 Å². The Kier molecular flexibility index (Phi) is 6.84. The highest BCUT2D eigenvalue weighted by molar-refractivity contribution is 6.02. The van der Waals surface area contributed by atoms with E-state index < -0.39 is 11.9 Å². The van der Waals surface area contributed by atoms with Crippen LogP contribution in [0.3, 0.4) is 0 Å². The monoisotopic (exact) mass is 454 g/mol. The summed E-state index contributed by atoms with van der Waals surface area (Å²) in [6.45, 7) is 0.255. The van der Waals surface area contributed by atoms with E-state index in [2.05, 4.69) is 10.5 Å². The highest BCUT2D eigenvalue weighted by atomic mass is 16.5. The van der Waals surface area contributed by atoms with Crippen LogP contribution in [0.5, 0.6) is 11.5 Å². The minimum absolute atomic E-state index is 0.218. The number of carbonyl (C=O) groups excluding carboxylic acids is 1. The van der Waals surface area contributed by atoms with Crippen LogP contribution in [0.4, 0.5) is 0 Å². The highest BCUT2D eigenvalue weighted by Gasteiger charge is 2.13. The van der Waals surface area contributed by atoms with E-state index in [1.807, 2.05) is 48.5 Å². The van der Waals surface area contributed by atoms with Crippen LogP contribution in [0.2, 0.25) is 0 Å². The third-order valence-electron chi connectivity index (χ3n) is 5.20. The van der Waals surface area contributed by atoms with E-state index in [4.69, 9.17) is 14.6 Å². The molecule has 4 aromatic rings. The summed E-state index contributed by atoms with van der Waals surface area (Å²) >= 11 is 0. The van der Waals surface area contributed by atoms with Gasteiger partial charge in [0.05, 0.1) is 24.5 Å². The topological polar surface area (TPSA) is 97.2 Å². The number of hydrogen-bond donors (Lipinski definition) is 2. The number of carbonyl (C=O) groups is 2. The van der Waals surface area contributed by atoms with Crippen LogP contribution >= 0.6 is 0 Å². The predicted octanol–water partition coefficient (Wildman–Crippen LogP) is 4.89. The Morgan fingerprint density at radius 1 is 0.912 bits per heavy atom. The fourth-order valence-corrected chi connectivity index (χ4v) is 3.41. The number of nitrogens with zero attached hydrogens (tertiary/aromatic N) is 1. The van der Waals surface area contributed by atoms with Crippen molar-refractivity contribution in [3.8, 4) is 11.5 Å². The molecule has 7 nitrogen and oxygen atoms in total. The van der Waals surface area contributed by atoms with Gasteiger partial charge in [0.1, 0.15) is 18.1 Å². The van der Waals surface area contributed by atoms with E-state index in [9.17, 15) is 9.59 Å². The number of carboxylic acids is 1. The Morgan fingerprint density at radius 2 is 1.59 bits per heavy atom. The van der Waals surface area contributed by atoms with E-state index in [1.165, 1.54) is 25.5 Å². The molecule has 4 aromatic carbocycles. The van der Waals surface area contributed by atoms with Gasteiger partial charge in [-0.1, -0.05) is 48.5 Å². The first-order valence-electron chi connectivity index (χ1n) is 10.5. The van der Waals surface area contributed by atoms with Crippen molar-refractivity contribution in [1.82, 2.24) is 5.43 Å². The third kappa shape index (κ3) is 5.21. The molecular weight excluding hydrogens is 432 g/mol. The van der Waals surface area contributed by atoms with Crippen LogP contribution in [0.15, 0.2) is 90.0 Å². The number of amides is 1. The highest BCUT2D eigenvalue weighted by Crippen LogP contribution is 2.26. The average Bonchev–Trinajstić information content (AvgIpc) is 2.87. The number of hydrazone groups is 1. The molecular formula is C27H22N2O5. The molecule has 0 atom stereocenters. The van der Waals surface area contributed by atoms with Gasteiger partial charge in [-0.05, 0) is 52.7 Å². The first-order chi connectivity index (χ1) is 16.5. The first-order valence-corrected chi connectivity index (χ1v) is 10.5. The van der Waals surface area contributed by atoms with Crippen LogP contribution in [0, 0.1) is 0 Å². The zero-order valence-electron chi connectivity index (χ0n) is 18.4. The second-order valence-corrected chi connectivity index (χ2v) is 7.43. The summed E-state index contributed by atoms with van der Waals surface area (Å²) in [5, 5.41) is 15.0. The number of aromatic carboxylic acids is 1. The van der Waals surface area contributed by atoms with Gasteiger partial charge in [-0.25, -0.2) is 10.2 Å². The number of nitrogens with one attached hydrogen (secondary N) is 1. The van der Waals surface area contributed by atoms with Gasteiger partial charge in [0.25, 0.3) is 5.91 Å². The largest absolute Gasteiger partial charge is 0.496 e. The van der Waals surface area contributed by atoms with Gasteiger partial charge >= 0.3 is 5.97 Å². The summed E-state index contributed by atoms with van der Waals surface area (Å²) in [6, 6.07) is 25.1. The first kappa shape index (κ1) is 22.5. The number of ether oxygens (including phenoxy) is 2. The molecule has 1 amide bonds. The van der Waals surface area contributed by atoms with Crippen LogP contribution in [0.1, 0.15) is 31.8 Å². The Hall–Kier alpha value is -4.65. The summed E-state index contributed by atoms with van der Waals surface area (Å²) in [5.74, 6) is -0.330. The molecule has 170 valence electrons. The molecule has 0 unspecified atom stereocenters. The molecule has 0 heterocycles. The van der Waals surface area contributed by atoms with Crippen LogP contribution in [-0.4, -0.2) is 30.3 Å². The van der Waals surface area contributed by atoms with Crippen LogP contribution < -0.4 is 14.9 Å². The lowest BCUT2D eigenvalue weighted by Crippen LogP contribution is -2.18. The smallest absolute Gasteiger partial charge is 0.335 e. The minimum atomic E-state index is -0.975. The fraction of sp³-hybridized carbons (Fsp3) is 0.0741. The Labute approximate surface area is 196 Å². The van der Waals surface area contributed by atoms with Gasteiger partial charge in [0, 0.05) is 5.56 Å². The zero-order valence-corrected chi connectivity index (χ0v) is 18.4. The van der Waals surface area contributed by atoms with Gasteiger partial charge in [0.2, 0.25) is 0 Å². The second-order valence-electron chi connectivity index (χ2n) is 7.43. The van der Waals surface area contributed by atoms with Gasteiger partial charge in [-0.15, -0.1) is 0 Å². The quantitative estimate of drug-likeness (QED) is 0.292. The zero-order chi connectivity index (χ0) is 23.9. The van der Waals surface area contributed by atoms with Crippen LogP contribution in [-0.2, 0) is 6.61 Å². The number of rotatable bonds is 8. The maximum absolute atomic E-state index is 12.8. The van der Waals surface area contributed by atoms with E-state index in [0.29, 0.717) is 22.6 Å². The maximum Gasteiger partial charge on any atom is 0.335 e. The molecule has 0 radical (unpaired) electrons. The normalized spacial score (nSPS) is 10.9. The van der Waals surface area contributed by atoms with Gasteiger partial charge in [0.15, 0.2) is 0 Å². The molecule has 0 aliphatic carbocycles. The Bertz CT molecular complexity index is 1360. The lowest BCUT2D eigenvalue weighted by atomic mass is 10.1. The standard InChI is InChI=1S/C27H22N2O5/c1-33-25-15-21-7-3-2-6-20(21)14-23(25)26(30)29-28-16-22-8-4-5-9-24(22)34-17-18-10-12-19(13-11-18)27(31)32/h2-16H,17H2,1H3,(H,29,30)(H,31,32)/b28-16+. The molecule has 0 aromatic heterocycles. The van der Waals surface area contributed by atoms with Crippen molar-refractivity contribution in [2.45, 2.75) is 6.61 Å². The van der Waals surface area contributed by atoms with Crippen LogP contribution in [0.25, 0.3) is 10.8 Å². The fourth-order valence-electron chi connectivity index (χ4n) is 3.41. The summed E-state index contributed by atoms with van der Waals surface area (Å²) < 4.78 is 11.3. The molecule has 34 heavy (non-hydrogen) atoms. The number of benzene rings is 4. The van der Waals surface area contributed by atoms with Crippen molar-refractivity contribution in [3.05, 3.63) is 107 Å². The molecule has 2 N–H and O–H groups in total. The van der Waals surface area contributed by atoms with Gasteiger partial charge < -0.3 is 14.6 Å². The van der Waals surface area contributed by atoms with E-state index in [-0.39, 0.29) is 12.2 Å². The summed E-state index contributed by atoms with van der Waals surface area (Å²) in [5.41, 5.74) is 4.65. The average molecular weight is 454 g/mol. The lowest BCUT2D eigenvalue weighted by Gasteiger charge is -2.10. The number of para-hydroxylation sites is 1. The number of carboxylic acid groups (broad SMARTS) is 1. The van der Waals surface area contributed by atoms with Crippen molar-refractivity contribution in [3.63, 3.8) is 0 Å². The van der Waals surface area contributed by atoms with Crippen molar-refractivity contribution in [2.75, 3.05) is 7.11 Å². The SMILES string of the molecule is COc1cc2ccccc2cc1C(=O)N/N=C/c1ccccc1OCc1ccc(C(=O)O)cc1. The number of fused-ring (bicyclic) bond motifs is 1. The molecule has 0 aliphatic heterocycles. The molecule has 4 rings (SSSR count). The number of methoxy groups -OCH3 is 1. The Balaban J connectivity index is 1.45. The summed E-state index contributed by atoms with van der Waals surface area (Å²) in [6.07, 6.45) is 1.51. The number of hydrogen-bond acceptors (Lipinski definition) is 5. The van der Waals surface area contributed by atoms with Gasteiger partial charge in [-0.2, -0.15) is 5.10 Å². The summed E-state index contributed by atoms with van der Waals surface area (Å²) in [4.78, 5) is 23.7. The third-order valence-corrected chi connectivity index (χ3v) is 5.20. The van der Waals surface area contributed by atoms with Crippen molar-refractivity contribution < 1.29 is 24.2 Å². The Morgan fingerprint density at radius 3 is 2.29 bits per heavy atom. The van der Waals surface area contributed by atoms with E-state index in [0.717, 1.165) is 16.3 Å². The van der Waals surface area contributed by atoms with E-state index >= 15 is 0 Å². The van der Waals surface area contributed by atoms with Crippen molar-refractivity contribution >= 4 is 28.9 Å². The molecule has 0 bridgehead atoms. The maximum atomic E-state index is 12.8. The second kappa shape index (κ2) is 10.3. The van der Waals surface area contributed by atoms with Gasteiger partial charge in [-0.3, -0.25) is 4.79 Å². The molecule has 0 aliphatic rings. The molecule has 0 spiro atoms. The lowest BCUT2D eigenvalue weighted by molar-refractivity contribution is 0.0696. The predicted molar refractivity (Wildman–Crippen MR) is 130 cm³/mol. The molecule has 0 saturated carbocycles. The van der Waals surface area contributed by atoms with E-state index in [1.54, 1.807) is 24.3 Å². The summed E-state index contributed by atoms with van der Waals surface area (Å²) in [7, 11) is 1.52. The van der Waals surface area contributed by atoms with Crippen molar-refractivity contribution in [2.24, 2.45) is 5.10 Å².